The molecule has 104 valence electrons. The largest absolute Gasteiger partial charge is 0.481 e. The molecule has 1 fully saturated rings. The van der Waals surface area contributed by atoms with Crippen LogP contribution in [0.1, 0.15) is 29.6 Å². The summed E-state index contributed by atoms with van der Waals surface area (Å²) in [5, 5.41) is 10.1. The molecule has 20 heavy (non-hydrogen) atoms. The van der Waals surface area contributed by atoms with E-state index in [1.807, 2.05) is 18.2 Å². The number of Topliss-reactive ketones (excluding diaryl/α,β-unsaturated/α-hetero) is 1. The first-order valence-corrected chi connectivity index (χ1v) is 7.41. The number of hydrogen-bond donors (Lipinski definition) is 2. The quantitative estimate of drug-likeness (QED) is 0.841. The summed E-state index contributed by atoms with van der Waals surface area (Å²) in [6.07, 6.45) is 3.75. The highest BCUT2D eigenvalue weighted by atomic mass is 79.9. The lowest BCUT2D eigenvalue weighted by Gasteiger charge is -2.13. The Balaban J connectivity index is 2.00. The Kier molecular flexibility index (Phi) is 3.38. The Morgan fingerprint density at radius 1 is 1.25 bits per heavy atom. The number of carbonyl (C=O) groups excluding carboxylic acids is 1. The van der Waals surface area contributed by atoms with Gasteiger partial charge in [0.1, 0.15) is 0 Å². The third kappa shape index (κ3) is 2.16. The number of halogens is 1. The van der Waals surface area contributed by atoms with Crippen LogP contribution in [0.15, 0.2) is 28.9 Å². The summed E-state index contributed by atoms with van der Waals surface area (Å²) < 4.78 is 0.903. The van der Waals surface area contributed by atoms with Crippen LogP contribution in [0.3, 0.4) is 0 Å². The summed E-state index contributed by atoms with van der Waals surface area (Å²) in [6.45, 7) is 0. The second kappa shape index (κ2) is 5.05. The summed E-state index contributed by atoms with van der Waals surface area (Å²) in [6, 6.07) is 5.70. The molecule has 2 unspecified atom stereocenters. The lowest BCUT2D eigenvalue weighted by Crippen LogP contribution is -2.25. The van der Waals surface area contributed by atoms with Gasteiger partial charge >= 0.3 is 5.97 Å². The molecule has 2 atom stereocenters. The highest BCUT2D eigenvalue weighted by Crippen LogP contribution is 2.36. The fourth-order valence-corrected chi connectivity index (χ4v) is 3.43. The molecule has 4 nitrogen and oxygen atoms in total. The van der Waals surface area contributed by atoms with E-state index in [9.17, 15) is 14.7 Å². The first-order chi connectivity index (χ1) is 9.58. The van der Waals surface area contributed by atoms with Crippen LogP contribution < -0.4 is 0 Å². The highest BCUT2D eigenvalue weighted by molar-refractivity contribution is 9.10. The van der Waals surface area contributed by atoms with Crippen molar-refractivity contribution in [2.24, 2.45) is 11.8 Å². The molecule has 5 heteroatoms. The molecule has 0 radical (unpaired) electrons. The summed E-state index contributed by atoms with van der Waals surface area (Å²) in [4.78, 5) is 27.0. The van der Waals surface area contributed by atoms with E-state index in [0.717, 1.165) is 21.8 Å². The van der Waals surface area contributed by atoms with Crippen LogP contribution in [-0.4, -0.2) is 21.8 Å². The van der Waals surface area contributed by atoms with Crippen molar-refractivity contribution in [3.05, 3.63) is 34.4 Å². The highest BCUT2D eigenvalue weighted by Gasteiger charge is 2.38. The van der Waals surface area contributed by atoms with Gasteiger partial charge < -0.3 is 10.1 Å². The number of carbonyl (C=O) groups is 2. The van der Waals surface area contributed by atoms with E-state index in [-0.39, 0.29) is 5.78 Å². The molecule has 2 aromatic rings. The Morgan fingerprint density at radius 3 is 2.75 bits per heavy atom. The van der Waals surface area contributed by atoms with Gasteiger partial charge in [-0.2, -0.15) is 0 Å². The summed E-state index contributed by atoms with van der Waals surface area (Å²) in [7, 11) is 0. The second-order valence-corrected chi connectivity index (χ2v) is 6.15. The van der Waals surface area contributed by atoms with Crippen molar-refractivity contribution in [3.63, 3.8) is 0 Å². The monoisotopic (exact) mass is 335 g/mol. The van der Waals surface area contributed by atoms with Crippen molar-refractivity contribution in [1.82, 2.24) is 4.98 Å². The van der Waals surface area contributed by atoms with Gasteiger partial charge in [0.15, 0.2) is 5.78 Å². The third-order valence-corrected chi connectivity index (χ3v) is 4.57. The van der Waals surface area contributed by atoms with Crippen molar-refractivity contribution in [2.75, 3.05) is 0 Å². The minimum absolute atomic E-state index is 0.0562. The van der Waals surface area contributed by atoms with Gasteiger partial charge in [-0.05, 0) is 31.0 Å². The fraction of sp³-hybridized carbons (Fsp3) is 0.333. The van der Waals surface area contributed by atoms with Gasteiger partial charge in [0.05, 0.1) is 5.92 Å². The zero-order valence-corrected chi connectivity index (χ0v) is 12.3. The number of benzene rings is 1. The van der Waals surface area contributed by atoms with E-state index < -0.39 is 17.8 Å². The molecule has 1 aliphatic rings. The van der Waals surface area contributed by atoms with E-state index in [0.29, 0.717) is 18.4 Å². The zero-order valence-electron chi connectivity index (χ0n) is 10.7. The standard InChI is InChI=1S/C15H14BrNO3/c16-8-4-5-13-11(6-8)12(7-17-13)14(18)9-2-1-3-10(9)15(19)20/h4-7,9-10,17H,1-3H2,(H,19,20). The molecular formula is C15H14BrNO3. The number of carboxylic acid groups (broad SMARTS) is 1. The maximum atomic E-state index is 12.6. The van der Waals surface area contributed by atoms with E-state index in [4.69, 9.17) is 0 Å². The molecule has 0 spiro atoms. The lowest BCUT2D eigenvalue weighted by molar-refractivity contribution is -0.142. The van der Waals surface area contributed by atoms with Crippen molar-refractivity contribution in [3.8, 4) is 0 Å². The van der Waals surface area contributed by atoms with Crippen LogP contribution in [0.5, 0.6) is 0 Å². The fourth-order valence-electron chi connectivity index (χ4n) is 3.07. The first-order valence-electron chi connectivity index (χ1n) is 6.61. The summed E-state index contributed by atoms with van der Waals surface area (Å²) in [5.74, 6) is -1.86. The molecule has 0 bridgehead atoms. The van der Waals surface area contributed by atoms with Gasteiger partial charge in [0.2, 0.25) is 0 Å². The van der Waals surface area contributed by atoms with Gasteiger partial charge in [0, 0.05) is 33.1 Å². The smallest absolute Gasteiger partial charge is 0.307 e. The predicted molar refractivity (Wildman–Crippen MR) is 78.8 cm³/mol. The molecule has 3 rings (SSSR count). The van der Waals surface area contributed by atoms with E-state index in [1.165, 1.54) is 0 Å². The number of H-pyrrole nitrogens is 1. The van der Waals surface area contributed by atoms with Crippen LogP contribution in [0.4, 0.5) is 0 Å². The number of aliphatic carboxylic acids is 1. The minimum atomic E-state index is -0.859. The molecule has 0 amide bonds. The Bertz CT molecular complexity index is 691. The Hall–Kier alpha value is -1.62. The summed E-state index contributed by atoms with van der Waals surface area (Å²) in [5.41, 5.74) is 1.49. The number of rotatable bonds is 3. The van der Waals surface area contributed by atoms with Gasteiger partial charge in [-0.15, -0.1) is 0 Å². The maximum Gasteiger partial charge on any atom is 0.307 e. The number of aromatic nitrogens is 1. The molecule has 1 aromatic carbocycles. The van der Waals surface area contributed by atoms with Gasteiger partial charge in [-0.3, -0.25) is 9.59 Å². The van der Waals surface area contributed by atoms with E-state index >= 15 is 0 Å². The van der Waals surface area contributed by atoms with E-state index in [1.54, 1.807) is 6.20 Å². The number of hydrogen-bond acceptors (Lipinski definition) is 2. The Morgan fingerprint density at radius 2 is 2.00 bits per heavy atom. The molecular weight excluding hydrogens is 322 g/mol. The predicted octanol–water partition coefficient (Wildman–Crippen LogP) is 3.61. The average Bonchev–Trinajstić information content (AvgIpc) is 3.04. The van der Waals surface area contributed by atoms with Crippen LogP contribution >= 0.6 is 15.9 Å². The number of nitrogens with one attached hydrogen (secondary N) is 1. The minimum Gasteiger partial charge on any atom is -0.481 e. The lowest BCUT2D eigenvalue weighted by atomic mass is 9.88. The number of aromatic amines is 1. The summed E-state index contributed by atoms with van der Waals surface area (Å²) >= 11 is 3.40. The van der Waals surface area contributed by atoms with Crippen LogP contribution in [0.2, 0.25) is 0 Å². The van der Waals surface area contributed by atoms with Crippen LogP contribution in [0.25, 0.3) is 10.9 Å². The van der Waals surface area contributed by atoms with Gasteiger partial charge in [-0.25, -0.2) is 0 Å². The molecule has 1 aromatic heterocycles. The topological polar surface area (TPSA) is 70.2 Å². The second-order valence-electron chi connectivity index (χ2n) is 5.24. The molecule has 1 aliphatic carbocycles. The molecule has 2 N–H and O–H groups in total. The average molecular weight is 336 g/mol. The van der Waals surface area contributed by atoms with Crippen LogP contribution in [0, 0.1) is 11.8 Å². The maximum absolute atomic E-state index is 12.6. The van der Waals surface area contributed by atoms with E-state index in [2.05, 4.69) is 20.9 Å². The van der Waals surface area contributed by atoms with Crippen molar-refractivity contribution < 1.29 is 14.7 Å². The van der Waals surface area contributed by atoms with Crippen molar-refractivity contribution in [1.29, 1.82) is 0 Å². The molecule has 1 heterocycles. The molecule has 0 saturated heterocycles. The Labute approximate surface area is 124 Å². The zero-order chi connectivity index (χ0) is 14.3. The third-order valence-electron chi connectivity index (χ3n) is 4.08. The number of fused-ring (bicyclic) bond motifs is 1. The SMILES string of the molecule is O=C(O)C1CCCC1C(=O)c1c[nH]c2ccc(Br)cc12. The first kappa shape index (κ1) is 13.4. The van der Waals surface area contributed by atoms with Crippen LogP contribution in [-0.2, 0) is 4.79 Å². The van der Waals surface area contributed by atoms with Crippen molar-refractivity contribution in [2.45, 2.75) is 19.3 Å². The van der Waals surface area contributed by atoms with Crippen molar-refractivity contribution >= 4 is 38.6 Å². The van der Waals surface area contributed by atoms with Gasteiger partial charge in [0.25, 0.3) is 0 Å². The molecule has 0 aliphatic heterocycles. The number of ketones is 1. The molecule has 1 saturated carbocycles. The normalized spacial score (nSPS) is 22.2. The van der Waals surface area contributed by atoms with Gasteiger partial charge in [-0.1, -0.05) is 22.4 Å². The number of carboxylic acids is 1.